The fourth-order valence-electron chi connectivity index (χ4n) is 2.22. The third-order valence-electron chi connectivity index (χ3n) is 3.60. The summed E-state index contributed by atoms with van der Waals surface area (Å²) in [6.45, 7) is 5.62. The Morgan fingerprint density at radius 1 is 1.48 bits per heavy atom. The molecule has 0 aromatic carbocycles. The first-order chi connectivity index (χ1) is 10.1. The number of nitrogens with zero attached hydrogens (tertiary/aromatic N) is 2. The van der Waals surface area contributed by atoms with E-state index in [1.807, 2.05) is 20.9 Å². The normalized spacial score (nSPS) is 17.6. The highest BCUT2D eigenvalue weighted by Gasteiger charge is 2.35. The van der Waals surface area contributed by atoms with Crippen LogP contribution in [0.4, 0.5) is 0 Å². The third-order valence-corrected chi connectivity index (χ3v) is 3.90. The van der Waals surface area contributed by atoms with E-state index in [9.17, 15) is 9.90 Å². The fraction of sp³-hybridized carbons (Fsp3) is 0.600. The van der Waals surface area contributed by atoms with Crippen LogP contribution in [0.15, 0.2) is 18.3 Å². The van der Waals surface area contributed by atoms with Crippen molar-refractivity contribution in [1.29, 1.82) is 0 Å². The van der Waals surface area contributed by atoms with E-state index in [4.69, 9.17) is 11.6 Å². The Hall–Kier alpha value is -1.17. The molecule has 2 heterocycles. The predicted molar refractivity (Wildman–Crippen MR) is 84.6 cm³/mol. The Morgan fingerprint density at radius 2 is 2.10 bits per heavy atom. The molecular weight excluding hydrogens is 290 g/mol. The zero-order valence-electron chi connectivity index (χ0n) is 12.9. The van der Waals surface area contributed by atoms with Gasteiger partial charge in [0.1, 0.15) is 5.69 Å². The molecule has 2 N–H and O–H groups in total. The molecule has 1 saturated heterocycles. The van der Waals surface area contributed by atoms with Gasteiger partial charge in [-0.3, -0.25) is 4.79 Å². The lowest BCUT2D eigenvalue weighted by atomic mass is 9.88. The summed E-state index contributed by atoms with van der Waals surface area (Å²) >= 11 is 5.95. The maximum Gasteiger partial charge on any atom is 0.271 e. The summed E-state index contributed by atoms with van der Waals surface area (Å²) in [7, 11) is 2.03. The van der Waals surface area contributed by atoms with E-state index >= 15 is 0 Å². The van der Waals surface area contributed by atoms with Gasteiger partial charge in [-0.05, 0) is 32.0 Å². The summed E-state index contributed by atoms with van der Waals surface area (Å²) in [5.41, 5.74) is -0.360. The van der Waals surface area contributed by atoms with Gasteiger partial charge in [0.2, 0.25) is 0 Å². The molecule has 0 spiro atoms. The summed E-state index contributed by atoms with van der Waals surface area (Å²) in [4.78, 5) is 18.4. The van der Waals surface area contributed by atoms with E-state index in [1.54, 1.807) is 12.1 Å². The second-order valence-electron chi connectivity index (χ2n) is 5.03. The second-order valence-corrected chi connectivity index (χ2v) is 5.44. The number of hydrogen-bond acceptors (Lipinski definition) is 4. The molecule has 0 unspecified atom stereocenters. The molecule has 0 atom stereocenters. The summed E-state index contributed by atoms with van der Waals surface area (Å²) in [6, 6.07) is 3.31. The largest absolute Gasteiger partial charge is 0.394 e. The number of halogens is 1. The number of carbonyl (C=O) groups is 1. The maximum atomic E-state index is 12.2. The zero-order valence-corrected chi connectivity index (χ0v) is 13.7. The van der Waals surface area contributed by atoms with Crippen LogP contribution in [0.5, 0.6) is 0 Å². The van der Waals surface area contributed by atoms with Gasteiger partial charge >= 0.3 is 0 Å². The van der Waals surface area contributed by atoms with Crippen LogP contribution < -0.4 is 5.32 Å². The van der Waals surface area contributed by atoms with E-state index in [0.29, 0.717) is 5.02 Å². The smallest absolute Gasteiger partial charge is 0.271 e. The monoisotopic (exact) mass is 313 g/mol. The quantitative estimate of drug-likeness (QED) is 0.895. The SMILES string of the molecule is CC.CN1CCC(CO)(NC(=O)c2ncccc2Cl)CC1. The highest BCUT2D eigenvalue weighted by Crippen LogP contribution is 2.22. The molecule has 1 aliphatic rings. The lowest BCUT2D eigenvalue weighted by Crippen LogP contribution is -2.57. The molecule has 0 bridgehead atoms. The third kappa shape index (κ3) is 4.66. The van der Waals surface area contributed by atoms with Crippen molar-refractivity contribution < 1.29 is 9.90 Å². The van der Waals surface area contributed by atoms with E-state index in [0.717, 1.165) is 25.9 Å². The Bertz CT molecular complexity index is 460. The van der Waals surface area contributed by atoms with Gasteiger partial charge in [0.05, 0.1) is 17.2 Å². The van der Waals surface area contributed by atoms with E-state index in [2.05, 4.69) is 15.2 Å². The Labute approximate surface area is 131 Å². The molecule has 1 aromatic rings. The van der Waals surface area contributed by atoms with Gasteiger partial charge in [-0.25, -0.2) is 4.98 Å². The van der Waals surface area contributed by atoms with Crippen molar-refractivity contribution in [2.45, 2.75) is 32.2 Å². The lowest BCUT2D eigenvalue weighted by Gasteiger charge is -2.39. The molecule has 1 aliphatic heterocycles. The van der Waals surface area contributed by atoms with Gasteiger partial charge in [-0.1, -0.05) is 25.4 Å². The molecule has 1 amide bonds. The second kappa shape index (κ2) is 8.32. The number of aromatic nitrogens is 1. The number of aliphatic hydroxyl groups excluding tert-OH is 1. The zero-order chi connectivity index (χ0) is 15.9. The van der Waals surface area contributed by atoms with E-state index < -0.39 is 5.54 Å². The van der Waals surface area contributed by atoms with Crippen LogP contribution in [-0.4, -0.2) is 53.2 Å². The Kier molecular flexibility index (Phi) is 7.08. The maximum absolute atomic E-state index is 12.2. The van der Waals surface area contributed by atoms with Crippen LogP contribution in [0.3, 0.4) is 0 Å². The van der Waals surface area contributed by atoms with Crippen molar-refractivity contribution in [2.75, 3.05) is 26.7 Å². The lowest BCUT2D eigenvalue weighted by molar-refractivity contribution is 0.0659. The Morgan fingerprint density at radius 3 is 2.62 bits per heavy atom. The minimum Gasteiger partial charge on any atom is -0.394 e. The van der Waals surface area contributed by atoms with Gasteiger partial charge < -0.3 is 15.3 Å². The average Bonchev–Trinajstić information content (AvgIpc) is 2.52. The van der Waals surface area contributed by atoms with E-state index in [1.165, 1.54) is 6.20 Å². The molecule has 5 nitrogen and oxygen atoms in total. The predicted octanol–water partition coefficient (Wildman–Crippen LogP) is 1.95. The number of carbonyl (C=O) groups excluding carboxylic acids is 1. The molecule has 21 heavy (non-hydrogen) atoms. The topological polar surface area (TPSA) is 65.5 Å². The van der Waals surface area contributed by atoms with Crippen LogP contribution in [-0.2, 0) is 0 Å². The van der Waals surface area contributed by atoms with Crippen molar-refractivity contribution in [3.05, 3.63) is 29.0 Å². The summed E-state index contributed by atoms with van der Waals surface area (Å²) in [5.74, 6) is -0.329. The summed E-state index contributed by atoms with van der Waals surface area (Å²) in [5, 5.41) is 12.8. The highest BCUT2D eigenvalue weighted by atomic mass is 35.5. The van der Waals surface area contributed by atoms with Crippen LogP contribution in [0, 0.1) is 0 Å². The average molecular weight is 314 g/mol. The molecule has 1 aromatic heterocycles. The van der Waals surface area contributed by atoms with Crippen molar-refractivity contribution in [2.24, 2.45) is 0 Å². The van der Waals surface area contributed by atoms with Crippen molar-refractivity contribution in [3.63, 3.8) is 0 Å². The fourth-order valence-corrected chi connectivity index (χ4v) is 2.43. The van der Waals surface area contributed by atoms with E-state index in [-0.39, 0.29) is 18.2 Å². The van der Waals surface area contributed by atoms with Crippen LogP contribution in [0.25, 0.3) is 0 Å². The minimum atomic E-state index is -0.565. The van der Waals surface area contributed by atoms with Crippen molar-refractivity contribution in [3.8, 4) is 0 Å². The number of amides is 1. The van der Waals surface area contributed by atoms with Gasteiger partial charge in [-0.2, -0.15) is 0 Å². The van der Waals surface area contributed by atoms with Crippen LogP contribution in [0.2, 0.25) is 5.02 Å². The molecule has 0 aliphatic carbocycles. The number of hydrogen-bond donors (Lipinski definition) is 2. The summed E-state index contributed by atoms with van der Waals surface area (Å²) < 4.78 is 0. The van der Waals surface area contributed by atoms with Gasteiger partial charge in [0, 0.05) is 19.3 Å². The molecule has 2 rings (SSSR count). The molecule has 1 fully saturated rings. The molecular formula is C15H24ClN3O2. The van der Waals surface area contributed by atoms with Gasteiger partial charge in [-0.15, -0.1) is 0 Å². The molecule has 0 radical (unpaired) electrons. The number of aliphatic hydroxyl groups is 1. The number of nitrogens with one attached hydrogen (secondary N) is 1. The highest BCUT2D eigenvalue weighted by molar-refractivity contribution is 6.33. The van der Waals surface area contributed by atoms with Crippen LogP contribution >= 0.6 is 11.6 Å². The number of pyridine rings is 1. The van der Waals surface area contributed by atoms with Gasteiger partial charge in [0.15, 0.2) is 0 Å². The first-order valence-corrected chi connectivity index (χ1v) is 7.66. The molecule has 0 saturated carbocycles. The Balaban J connectivity index is 0.00000106. The van der Waals surface area contributed by atoms with Crippen molar-refractivity contribution >= 4 is 17.5 Å². The van der Waals surface area contributed by atoms with Gasteiger partial charge in [0.25, 0.3) is 5.91 Å². The first kappa shape index (κ1) is 17.9. The molecule has 118 valence electrons. The van der Waals surface area contributed by atoms with Crippen molar-refractivity contribution in [1.82, 2.24) is 15.2 Å². The number of rotatable bonds is 3. The number of piperidine rings is 1. The standard InChI is InChI=1S/C13H18ClN3O2.C2H6/c1-17-7-4-13(9-18,5-8-17)16-12(19)11-10(14)3-2-6-15-11;1-2/h2-3,6,18H,4-5,7-9H2,1H3,(H,16,19);1-2H3. The minimum absolute atomic E-state index is 0.0724. The summed E-state index contributed by atoms with van der Waals surface area (Å²) in [6.07, 6.45) is 2.97. The molecule has 6 heteroatoms. The van der Waals surface area contributed by atoms with Crippen LogP contribution in [0.1, 0.15) is 37.2 Å². The first-order valence-electron chi connectivity index (χ1n) is 7.29. The number of likely N-dealkylation sites (tertiary alicyclic amines) is 1.